The minimum Gasteiger partial charge on any atom is -0.366 e. The first-order valence-corrected chi connectivity index (χ1v) is 6.32. The van der Waals surface area contributed by atoms with Gasteiger partial charge in [0.2, 0.25) is 0 Å². The van der Waals surface area contributed by atoms with Crippen molar-refractivity contribution in [3.8, 4) is 0 Å². The van der Waals surface area contributed by atoms with E-state index in [9.17, 15) is 10.1 Å². The molecule has 0 radical (unpaired) electrons. The summed E-state index contributed by atoms with van der Waals surface area (Å²) in [7, 11) is 0. The lowest BCUT2D eigenvalue weighted by Gasteiger charge is -2.18. The molecule has 0 amide bonds. The van der Waals surface area contributed by atoms with Gasteiger partial charge in [-0.15, -0.1) is 0 Å². The van der Waals surface area contributed by atoms with E-state index in [1.807, 2.05) is 0 Å². The van der Waals surface area contributed by atoms with E-state index in [4.69, 9.17) is 11.6 Å². The van der Waals surface area contributed by atoms with Crippen LogP contribution in [0, 0.1) is 15.5 Å². The van der Waals surface area contributed by atoms with Gasteiger partial charge in [-0.2, -0.15) is 0 Å². The molecule has 1 aliphatic carbocycles. The lowest BCUT2D eigenvalue weighted by molar-refractivity contribution is -0.385. The maximum Gasteiger partial charge on any atom is 0.289 e. The second-order valence-electron chi connectivity index (χ2n) is 5.53. The molecule has 1 fully saturated rings. The van der Waals surface area contributed by atoms with Crippen LogP contribution in [0.3, 0.4) is 0 Å². The summed E-state index contributed by atoms with van der Waals surface area (Å²) >= 11 is 5.99. The van der Waals surface area contributed by atoms with Crippen molar-refractivity contribution in [1.82, 2.24) is 4.98 Å². The fourth-order valence-corrected chi connectivity index (χ4v) is 2.60. The van der Waals surface area contributed by atoms with Crippen LogP contribution in [0.1, 0.15) is 33.1 Å². The van der Waals surface area contributed by atoms with Gasteiger partial charge >= 0.3 is 0 Å². The van der Waals surface area contributed by atoms with Gasteiger partial charge in [0.1, 0.15) is 12.0 Å². The van der Waals surface area contributed by atoms with Gasteiger partial charge in [0, 0.05) is 12.1 Å². The summed E-state index contributed by atoms with van der Waals surface area (Å²) in [6.07, 6.45) is 4.52. The average molecular weight is 270 g/mol. The summed E-state index contributed by atoms with van der Waals surface area (Å²) in [5, 5.41) is 14.1. The minimum absolute atomic E-state index is 0.0858. The second-order valence-corrected chi connectivity index (χ2v) is 5.94. The highest BCUT2D eigenvalue weighted by molar-refractivity contribution is 6.33. The molecule has 1 heterocycles. The standard InChI is InChI=1S/C12H16ClN3O2/c1-12(2)4-3-8(6-12)15-11-10(13)5-9(7-14-11)16(17)18/h5,7-8H,3-4,6H2,1-2H3,(H,14,15). The number of nitrogens with zero attached hydrogens (tertiary/aromatic N) is 2. The van der Waals surface area contributed by atoms with Gasteiger partial charge < -0.3 is 5.32 Å². The fourth-order valence-electron chi connectivity index (χ4n) is 2.39. The molecule has 1 N–H and O–H groups in total. The van der Waals surface area contributed by atoms with Crippen LogP contribution in [0.2, 0.25) is 5.02 Å². The number of rotatable bonds is 3. The molecule has 1 aliphatic rings. The van der Waals surface area contributed by atoms with Crippen LogP contribution in [-0.4, -0.2) is 15.9 Å². The van der Waals surface area contributed by atoms with Gasteiger partial charge in [0.25, 0.3) is 5.69 Å². The number of halogens is 1. The number of hydrogen-bond acceptors (Lipinski definition) is 4. The summed E-state index contributed by atoms with van der Waals surface area (Å²) in [6.45, 7) is 4.47. The lowest BCUT2D eigenvalue weighted by Crippen LogP contribution is -2.18. The Morgan fingerprint density at radius 1 is 1.61 bits per heavy atom. The Morgan fingerprint density at radius 2 is 2.33 bits per heavy atom. The molecule has 1 atom stereocenters. The molecule has 1 unspecified atom stereocenters. The summed E-state index contributed by atoms with van der Waals surface area (Å²) in [4.78, 5) is 14.1. The molecule has 0 bridgehead atoms. The van der Waals surface area contributed by atoms with Gasteiger partial charge in [-0.25, -0.2) is 4.98 Å². The molecule has 0 aromatic carbocycles. The fraction of sp³-hybridized carbons (Fsp3) is 0.583. The van der Waals surface area contributed by atoms with E-state index >= 15 is 0 Å². The molecule has 0 aliphatic heterocycles. The van der Waals surface area contributed by atoms with Crippen molar-refractivity contribution in [3.05, 3.63) is 27.4 Å². The number of aromatic nitrogens is 1. The zero-order valence-electron chi connectivity index (χ0n) is 10.4. The van der Waals surface area contributed by atoms with Crippen molar-refractivity contribution in [2.75, 3.05) is 5.32 Å². The molecular weight excluding hydrogens is 254 g/mol. The van der Waals surface area contributed by atoms with Gasteiger partial charge in [-0.05, 0) is 24.7 Å². The molecule has 1 saturated carbocycles. The number of anilines is 1. The van der Waals surface area contributed by atoms with Crippen LogP contribution >= 0.6 is 11.6 Å². The van der Waals surface area contributed by atoms with Crippen LogP contribution in [-0.2, 0) is 0 Å². The van der Waals surface area contributed by atoms with E-state index in [0.29, 0.717) is 22.3 Å². The number of pyridine rings is 1. The van der Waals surface area contributed by atoms with Crippen LogP contribution in [0.5, 0.6) is 0 Å². The van der Waals surface area contributed by atoms with Gasteiger partial charge in [0.15, 0.2) is 0 Å². The third-order valence-corrected chi connectivity index (χ3v) is 3.64. The number of nitrogens with one attached hydrogen (secondary N) is 1. The molecule has 5 nitrogen and oxygen atoms in total. The zero-order valence-corrected chi connectivity index (χ0v) is 11.2. The molecule has 6 heteroatoms. The average Bonchev–Trinajstić information content (AvgIpc) is 2.61. The molecule has 18 heavy (non-hydrogen) atoms. The van der Waals surface area contributed by atoms with E-state index in [0.717, 1.165) is 19.3 Å². The quantitative estimate of drug-likeness (QED) is 0.672. The molecule has 1 aromatic heterocycles. The van der Waals surface area contributed by atoms with Crippen LogP contribution in [0.25, 0.3) is 0 Å². The maximum absolute atomic E-state index is 10.6. The Labute approximate surface area is 111 Å². The third-order valence-electron chi connectivity index (χ3n) is 3.35. The topological polar surface area (TPSA) is 68.1 Å². The Balaban J connectivity index is 2.09. The molecule has 1 aromatic rings. The van der Waals surface area contributed by atoms with E-state index in [-0.39, 0.29) is 5.69 Å². The summed E-state index contributed by atoms with van der Waals surface area (Å²) in [5.41, 5.74) is 0.252. The largest absolute Gasteiger partial charge is 0.366 e. The van der Waals surface area contributed by atoms with Crippen molar-refractivity contribution in [1.29, 1.82) is 0 Å². The highest BCUT2D eigenvalue weighted by Crippen LogP contribution is 2.38. The first kappa shape index (κ1) is 13.1. The monoisotopic (exact) mass is 269 g/mol. The van der Waals surface area contributed by atoms with Crippen LogP contribution < -0.4 is 5.32 Å². The smallest absolute Gasteiger partial charge is 0.289 e. The Kier molecular flexibility index (Phi) is 3.43. The Bertz CT molecular complexity index is 476. The van der Waals surface area contributed by atoms with Crippen LogP contribution in [0.4, 0.5) is 11.5 Å². The molecule has 0 saturated heterocycles. The van der Waals surface area contributed by atoms with Gasteiger partial charge in [0.05, 0.1) is 9.95 Å². The SMILES string of the molecule is CC1(C)CCC(Nc2ncc([N+](=O)[O-])cc2Cl)C1. The normalized spacial score (nSPS) is 21.8. The lowest BCUT2D eigenvalue weighted by atomic mass is 9.92. The zero-order chi connectivity index (χ0) is 13.3. The van der Waals surface area contributed by atoms with Gasteiger partial charge in [-0.3, -0.25) is 10.1 Å². The first-order valence-electron chi connectivity index (χ1n) is 5.94. The van der Waals surface area contributed by atoms with E-state index in [1.54, 1.807) is 0 Å². The number of hydrogen-bond donors (Lipinski definition) is 1. The van der Waals surface area contributed by atoms with Crippen molar-refractivity contribution in [2.45, 2.75) is 39.2 Å². The maximum atomic E-state index is 10.6. The molecule has 2 rings (SSSR count). The van der Waals surface area contributed by atoms with Crippen molar-refractivity contribution in [2.24, 2.45) is 5.41 Å². The van der Waals surface area contributed by atoms with Crippen LogP contribution in [0.15, 0.2) is 12.3 Å². The predicted octanol–water partition coefficient (Wildman–Crippen LogP) is 3.63. The Hall–Kier alpha value is -1.36. The van der Waals surface area contributed by atoms with Crippen molar-refractivity contribution < 1.29 is 4.92 Å². The highest BCUT2D eigenvalue weighted by atomic mass is 35.5. The van der Waals surface area contributed by atoms with Crippen molar-refractivity contribution in [3.63, 3.8) is 0 Å². The number of nitro groups is 1. The van der Waals surface area contributed by atoms with E-state index in [2.05, 4.69) is 24.1 Å². The molecule has 98 valence electrons. The minimum atomic E-state index is -0.499. The summed E-state index contributed by atoms with van der Waals surface area (Å²) in [6, 6.07) is 1.67. The second kappa shape index (κ2) is 4.72. The van der Waals surface area contributed by atoms with Gasteiger partial charge in [-0.1, -0.05) is 25.4 Å². The first-order chi connectivity index (χ1) is 8.37. The highest BCUT2D eigenvalue weighted by Gasteiger charge is 2.31. The predicted molar refractivity (Wildman–Crippen MR) is 70.9 cm³/mol. The Morgan fingerprint density at radius 3 is 2.83 bits per heavy atom. The summed E-state index contributed by atoms with van der Waals surface area (Å²) in [5.74, 6) is 0.532. The van der Waals surface area contributed by atoms with E-state index < -0.39 is 4.92 Å². The molecular formula is C12H16ClN3O2. The third kappa shape index (κ3) is 2.90. The summed E-state index contributed by atoms with van der Waals surface area (Å²) < 4.78 is 0. The van der Waals surface area contributed by atoms with E-state index in [1.165, 1.54) is 12.3 Å². The molecule has 0 spiro atoms. The van der Waals surface area contributed by atoms with Crippen molar-refractivity contribution >= 4 is 23.1 Å².